The molecule has 0 bridgehead atoms. The van der Waals surface area contributed by atoms with Gasteiger partial charge in [-0.3, -0.25) is 4.90 Å². The van der Waals surface area contributed by atoms with Crippen LogP contribution in [0.15, 0.2) is 0 Å². The number of rotatable bonds is 5. The normalized spacial score (nSPS) is 39.9. The fourth-order valence-electron chi connectivity index (χ4n) is 3.82. The van der Waals surface area contributed by atoms with E-state index in [0.29, 0.717) is 19.3 Å². The number of ether oxygens (including phenoxy) is 2. The molecule has 2 rings (SSSR count). The van der Waals surface area contributed by atoms with Crippen molar-refractivity contribution in [2.45, 2.75) is 76.2 Å². The first-order valence-electron chi connectivity index (χ1n) is 8.08. The molecule has 0 spiro atoms. The van der Waals surface area contributed by atoms with Crippen molar-refractivity contribution in [3.8, 4) is 0 Å². The lowest BCUT2D eigenvalue weighted by Gasteiger charge is -2.51. The van der Waals surface area contributed by atoms with E-state index in [1.54, 1.807) is 7.11 Å². The van der Waals surface area contributed by atoms with Gasteiger partial charge in [0.05, 0.1) is 19.3 Å². The Morgan fingerprint density at radius 3 is 2.55 bits per heavy atom. The third-order valence-electron chi connectivity index (χ3n) is 5.24. The Kier molecular flexibility index (Phi) is 5.82. The first-order chi connectivity index (χ1) is 9.57. The molecule has 2 fully saturated rings. The van der Waals surface area contributed by atoms with Gasteiger partial charge in [-0.15, -0.1) is 0 Å². The van der Waals surface area contributed by atoms with Gasteiger partial charge in [-0.2, -0.15) is 0 Å². The minimum atomic E-state index is -0.656. The highest BCUT2D eigenvalue weighted by Crippen LogP contribution is 2.38. The Balaban J connectivity index is 1.84. The highest BCUT2D eigenvalue weighted by molar-refractivity contribution is 4.97. The van der Waals surface area contributed by atoms with Gasteiger partial charge in [0.25, 0.3) is 0 Å². The third kappa shape index (κ3) is 3.71. The van der Waals surface area contributed by atoms with Crippen LogP contribution in [0, 0.1) is 0 Å². The van der Waals surface area contributed by atoms with Crippen LogP contribution in [-0.4, -0.2) is 55.6 Å². The Bertz CT molecular complexity index is 292. The van der Waals surface area contributed by atoms with Gasteiger partial charge in [0.1, 0.15) is 6.17 Å². The number of hydrogen-bond acceptors (Lipinski definition) is 3. The standard InChI is InChI=1S/C16H30FNO2/c1-13-15(17)5-4-10-18(13)16(2)8-6-14(7-9-16)20-12-11-19-3/h13-15H,4-12H2,1-3H3. The van der Waals surface area contributed by atoms with Crippen LogP contribution in [0.1, 0.15) is 52.4 Å². The summed E-state index contributed by atoms with van der Waals surface area (Å²) in [6.07, 6.45) is 5.82. The number of nitrogens with zero attached hydrogens (tertiary/aromatic N) is 1. The molecule has 1 aliphatic carbocycles. The van der Waals surface area contributed by atoms with Crippen LogP contribution >= 0.6 is 0 Å². The summed E-state index contributed by atoms with van der Waals surface area (Å²) in [7, 11) is 1.70. The van der Waals surface area contributed by atoms with Gasteiger partial charge in [0.2, 0.25) is 0 Å². The van der Waals surface area contributed by atoms with Crippen LogP contribution in [-0.2, 0) is 9.47 Å². The zero-order valence-corrected chi connectivity index (χ0v) is 13.2. The maximum atomic E-state index is 14.0. The van der Waals surface area contributed by atoms with Gasteiger partial charge in [-0.05, 0) is 58.9 Å². The average Bonchev–Trinajstić information content (AvgIpc) is 2.44. The summed E-state index contributed by atoms with van der Waals surface area (Å²) in [5.41, 5.74) is 0.158. The van der Waals surface area contributed by atoms with Crippen molar-refractivity contribution in [2.75, 3.05) is 26.9 Å². The van der Waals surface area contributed by atoms with Crippen molar-refractivity contribution < 1.29 is 13.9 Å². The van der Waals surface area contributed by atoms with Gasteiger partial charge in [0, 0.05) is 18.7 Å². The molecule has 2 atom stereocenters. The Morgan fingerprint density at radius 2 is 1.90 bits per heavy atom. The molecule has 2 unspecified atom stereocenters. The van der Waals surface area contributed by atoms with Crippen LogP contribution in [0.3, 0.4) is 0 Å². The van der Waals surface area contributed by atoms with Gasteiger partial charge >= 0.3 is 0 Å². The fraction of sp³-hybridized carbons (Fsp3) is 1.00. The van der Waals surface area contributed by atoms with E-state index >= 15 is 0 Å². The summed E-state index contributed by atoms with van der Waals surface area (Å²) >= 11 is 0. The first kappa shape index (κ1) is 16.2. The second-order valence-corrected chi connectivity index (χ2v) is 6.65. The third-order valence-corrected chi connectivity index (χ3v) is 5.24. The lowest BCUT2D eigenvalue weighted by atomic mass is 9.78. The van der Waals surface area contributed by atoms with E-state index in [2.05, 4.69) is 18.7 Å². The molecule has 0 radical (unpaired) electrons. The number of likely N-dealkylation sites (tertiary alicyclic amines) is 1. The van der Waals surface area contributed by atoms with Crippen molar-refractivity contribution in [3.05, 3.63) is 0 Å². The number of methoxy groups -OCH3 is 1. The van der Waals surface area contributed by atoms with E-state index < -0.39 is 6.17 Å². The molecule has 118 valence electrons. The summed E-state index contributed by atoms with van der Waals surface area (Å²) in [4.78, 5) is 2.42. The maximum Gasteiger partial charge on any atom is 0.115 e. The molecule has 3 nitrogen and oxygen atoms in total. The molecule has 1 saturated heterocycles. The van der Waals surface area contributed by atoms with E-state index in [9.17, 15) is 4.39 Å². The zero-order chi connectivity index (χ0) is 14.6. The van der Waals surface area contributed by atoms with Crippen molar-refractivity contribution in [1.29, 1.82) is 0 Å². The van der Waals surface area contributed by atoms with Crippen LogP contribution in [0.2, 0.25) is 0 Å². The Morgan fingerprint density at radius 1 is 1.20 bits per heavy atom. The van der Waals surface area contributed by atoms with Gasteiger partial charge in [-0.25, -0.2) is 4.39 Å². The second kappa shape index (κ2) is 7.19. The van der Waals surface area contributed by atoms with Crippen molar-refractivity contribution >= 4 is 0 Å². The van der Waals surface area contributed by atoms with Crippen LogP contribution < -0.4 is 0 Å². The van der Waals surface area contributed by atoms with E-state index in [1.165, 1.54) is 0 Å². The number of halogens is 1. The van der Waals surface area contributed by atoms with E-state index in [4.69, 9.17) is 9.47 Å². The van der Waals surface area contributed by atoms with Crippen molar-refractivity contribution in [2.24, 2.45) is 0 Å². The van der Waals surface area contributed by atoms with Crippen LogP contribution in [0.4, 0.5) is 4.39 Å². The minimum Gasteiger partial charge on any atom is -0.382 e. The summed E-state index contributed by atoms with van der Waals surface area (Å²) in [6, 6.07) is 0.0692. The van der Waals surface area contributed by atoms with Crippen molar-refractivity contribution in [1.82, 2.24) is 4.90 Å². The lowest BCUT2D eigenvalue weighted by molar-refractivity contribution is -0.0643. The molecule has 20 heavy (non-hydrogen) atoms. The monoisotopic (exact) mass is 287 g/mol. The predicted molar refractivity (Wildman–Crippen MR) is 78.8 cm³/mol. The first-order valence-corrected chi connectivity index (χ1v) is 8.08. The molecule has 1 heterocycles. The van der Waals surface area contributed by atoms with Crippen LogP contribution in [0.5, 0.6) is 0 Å². The summed E-state index contributed by atoms with van der Waals surface area (Å²) in [5.74, 6) is 0. The molecule has 0 aromatic carbocycles. The van der Waals surface area contributed by atoms with Crippen LogP contribution in [0.25, 0.3) is 0 Å². The molecule has 4 heteroatoms. The minimum absolute atomic E-state index is 0.0692. The van der Waals surface area contributed by atoms with Gasteiger partial charge in [0.15, 0.2) is 0 Å². The highest BCUT2D eigenvalue weighted by Gasteiger charge is 2.42. The lowest BCUT2D eigenvalue weighted by Crippen LogP contribution is -2.58. The highest BCUT2D eigenvalue weighted by atomic mass is 19.1. The molecule has 0 aromatic rings. The maximum absolute atomic E-state index is 14.0. The summed E-state index contributed by atoms with van der Waals surface area (Å²) < 4.78 is 24.8. The summed E-state index contributed by atoms with van der Waals surface area (Å²) in [5, 5.41) is 0. The van der Waals surface area contributed by atoms with Gasteiger partial charge in [-0.1, -0.05) is 0 Å². The molecule has 1 aliphatic heterocycles. The number of hydrogen-bond donors (Lipinski definition) is 0. The number of alkyl halides is 1. The zero-order valence-electron chi connectivity index (χ0n) is 13.2. The quantitative estimate of drug-likeness (QED) is 0.725. The van der Waals surface area contributed by atoms with E-state index in [1.807, 2.05) is 0 Å². The molecule has 0 aromatic heterocycles. The molecular formula is C16H30FNO2. The van der Waals surface area contributed by atoms with E-state index in [-0.39, 0.29) is 11.6 Å². The topological polar surface area (TPSA) is 21.7 Å². The Hall–Kier alpha value is -0.190. The van der Waals surface area contributed by atoms with Crippen molar-refractivity contribution in [3.63, 3.8) is 0 Å². The van der Waals surface area contributed by atoms with Gasteiger partial charge < -0.3 is 9.47 Å². The molecular weight excluding hydrogens is 257 g/mol. The Labute approximate surface area is 122 Å². The molecule has 0 N–H and O–H groups in total. The largest absolute Gasteiger partial charge is 0.382 e. The SMILES string of the molecule is COCCOC1CCC(C)(N2CCCC(F)C2C)CC1. The van der Waals surface area contributed by atoms with E-state index in [0.717, 1.165) is 45.1 Å². The predicted octanol–water partition coefficient (Wildman–Crippen LogP) is 3.17. The molecule has 1 saturated carbocycles. The molecule has 2 aliphatic rings. The smallest absolute Gasteiger partial charge is 0.115 e. The second-order valence-electron chi connectivity index (χ2n) is 6.65. The number of piperidine rings is 1. The fourth-order valence-corrected chi connectivity index (χ4v) is 3.82. The summed E-state index contributed by atoms with van der Waals surface area (Å²) in [6.45, 7) is 6.77. The average molecular weight is 287 g/mol. The molecule has 0 amide bonds.